The van der Waals surface area contributed by atoms with Gasteiger partial charge in [-0.15, -0.1) is 0 Å². The summed E-state index contributed by atoms with van der Waals surface area (Å²) in [4.78, 5) is 35.2. The van der Waals surface area contributed by atoms with Crippen molar-refractivity contribution < 1.29 is 28.4 Å². The van der Waals surface area contributed by atoms with Gasteiger partial charge in [-0.3, -0.25) is 9.59 Å². The molecule has 1 aromatic heterocycles. The molecule has 0 aliphatic rings. The molecule has 2 rings (SSSR count). The van der Waals surface area contributed by atoms with Gasteiger partial charge < -0.3 is 24.6 Å². The van der Waals surface area contributed by atoms with E-state index in [1.54, 1.807) is 25.1 Å². The lowest BCUT2D eigenvalue weighted by Crippen LogP contribution is -2.24. The van der Waals surface area contributed by atoms with E-state index in [1.165, 1.54) is 12.1 Å². The number of aryl methyl sites for hydroxylation is 1. The lowest BCUT2D eigenvalue weighted by Gasteiger charge is -2.08. The molecule has 1 heterocycles. The van der Waals surface area contributed by atoms with Crippen LogP contribution < -0.4 is 15.4 Å². The summed E-state index contributed by atoms with van der Waals surface area (Å²) >= 11 is 0. The summed E-state index contributed by atoms with van der Waals surface area (Å²) in [6, 6.07) is 7.93. The standard InChI is InChI=1S/C17H19N3O6/c1-3-18-17(23)12-5-4-6-13(8-12)19-14(21)9-25-16(22)10-24-15-7-11(2)26-20-15/h4-8H,3,9-10H2,1-2H3,(H,18,23)(H,19,21). The van der Waals surface area contributed by atoms with Crippen LogP contribution in [0.5, 0.6) is 5.88 Å². The van der Waals surface area contributed by atoms with Gasteiger partial charge in [-0.25, -0.2) is 4.79 Å². The van der Waals surface area contributed by atoms with E-state index < -0.39 is 25.1 Å². The monoisotopic (exact) mass is 361 g/mol. The highest BCUT2D eigenvalue weighted by atomic mass is 16.6. The van der Waals surface area contributed by atoms with Gasteiger partial charge in [0.1, 0.15) is 5.76 Å². The maximum atomic E-state index is 11.8. The number of anilines is 1. The van der Waals surface area contributed by atoms with Crippen LogP contribution in [0.15, 0.2) is 34.9 Å². The van der Waals surface area contributed by atoms with Crippen LogP contribution in [0.4, 0.5) is 5.69 Å². The molecule has 26 heavy (non-hydrogen) atoms. The Hall–Kier alpha value is -3.36. The highest BCUT2D eigenvalue weighted by Gasteiger charge is 2.11. The summed E-state index contributed by atoms with van der Waals surface area (Å²) in [7, 11) is 0. The maximum absolute atomic E-state index is 11.8. The molecule has 0 aliphatic carbocycles. The minimum atomic E-state index is -0.725. The number of hydrogen-bond donors (Lipinski definition) is 2. The average molecular weight is 361 g/mol. The van der Waals surface area contributed by atoms with Crippen LogP contribution in [0.1, 0.15) is 23.0 Å². The molecule has 9 nitrogen and oxygen atoms in total. The molecule has 1 aromatic carbocycles. The van der Waals surface area contributed by atoms with Crippen molar-refractivity contribution in [1.82, 2.24) is 10.5 Å². The number of rotatable bonds is 8. The molecule has 2 N–H and O–H groups in total. The summed E-state index contributed by atoms with van der Waals surface area (Å²) in [5.41, 5.74) is 0.835. The number of benzene rings is 1. The third kappa shape index (κ3) is 5.93. The zero-order valence-corrected chi connectivity index (χ0v) is 14.4. The van der Waals surface area contributed by atoms with Crippen molar-refractivity contribution in [2.75, 3.05) is 25.1 Å². The van der Waals surface area contributed by atoms with Crippen molar-refractivity contribution in [3.05, 3.63) is 41.7 Å². The zero-order valence-electron chi connectivity index (χ0n) is 14.4. The largest absolute Gasteiger partial charge is 0.463 e. The number of aromatic nitrogens is 1. The molecule has 2 aromatic rings. The van der Waals surface area contributed by atoms with E-state index in [0.717, 1.165) is 0 Å². The van der Waals surface area contributed by atoms with E-state index in [2.05, 4.69) is 15.8 Å². The van der Waals surface area contributed by atoms with Crippen molar-refractivity contribution in [1.29, 1.82) is 0 Å². The SMILES string of the molecule is CCNC(=O)c1cccc(NC(=O)COC(=O)COc2cc(C)on2)c1. The van der Waals surface area contributed by atoms with Crippen molar-refractivity contribution in [2.45, 2.75) is 13.8 Å². The number of hydrogen-bond acceptors (Lipinski definition) is 7. The molecule has 0 atom stereocenters. The second kappa shape index (κ2) is 9.21. The lowest BCUT2D eigenvalue weighted by atomic mass is 10.2. The molecular weight excluding hydrogens is 342 g/mol. The van der Waals surface area contributed by atoms with E-state index in [1.807, 2.05) is 6.92 Å². The normalized spacial score (nSPS) is 10.1. The van der Waals surface area contributed by atoms with Crippen LogP contribution in [0.25, 0.3) is 0 Å². The third-order valence-electron chi connectivity index (χ3n) is 3.05. The fourth-order valence-electron chi connectivity index (χ4n) is 1.93. The minimum absolute atomic E-state index is 0.158. The number of esters is 1. The average Bonchev–Trinajstić information content (AvgIpc) is 3.04. The number of nitrogens with one attached hydrogen (secondary N) is 2. The summed E-state index contributed by atoms with van der Waals surface area (Å²) in [6.45, 7) is 3.12. The molecular formula is C17H19N3O6. The molecule has 0 spiro atoms. The fourth-order valence-corrected chi connectivity index (χ4v) is 1.93. The van der Waals surface area contributed by atoms with Gasteiger partial charge in [0, 0.05) is 23.9 Å². The Morgan fingerprint density at radius 1 is 1.19 bits per heavy atom. The Labute approximate surface area is 149 Å². The van der Waals surface area contributed by atoms with Crippen LogP contribution >= 0.6 is 0 Å². The van der Waals surface area contributed by atoms with Crippen LogP contribution in [0.3, 0.4) is 0 Å². The van der Waals surface area contributed by atoms with Gasteiger partial charge in [-0.1, -0.05) is 6.07 Å². The molecule has 0 bridgehead atoms. The Bertz CT molecular complexity index is 786. The molecule has 2 amide bonds. The molecule has 9 heteroatoms. The van der Waals surface area contributed by atoms with Gasteiger partial charge in [0.2, 0.25) is 0 Å². The number of carbonyl (C=O) groups excluding carboxylic acids is 3. The van der Waals surface area contributed by atoms with Crippen molar-refractivity contribution >= 4 is 23.5 Å². The molecule has 0 saturated carbocycles. The quantitative estimate of drug-likeness (QED) is 0.680. The predicted molar refractivity (Wildman–Crippen MR) is 90.8 cm³/mol. The van der Waals surface area contributed by atoms with Gasteiger partial charge in [-0.05, 0) is 37.2 Å². The fraction of sp³-hybridized carbons (Fsp3) is 0.294. The van der Waals surface area contributed by atoms with Crippen molar-refractivity contribution in [3.8, 4) is 5.88 Å². The Kier molecular flexibility index (Phi) is 6.72. The summed E-state index contributed by atoms with van der Waals surface area (Å²) < 4.78 is 14.6. The zero-order chi connectivity index (χ0) is 18.9. The predicted octanol–water partition coefficient (Wildman–Crippen LogP) is 1.29. The molecule has 0 fully saturated rings. The van der Waals surface area contributed by atoms with Crippen LogP contribution in [-0.4, -0.2) is 42.7 Å². The number of amides is 2. The molecule has 0 unspecified atom stereocenters. The molecule has 0 aliphatic heterocycles. The van der Waals surface area contributed by atoms with Crippen molar-refractivity contribution in [3.63, 3.8) is 0 Å². The van der Waals surface area contributed by atoms with E-state index in [0.29, 0.717) is 23.6 Å². The maximum Gasteiger partial charge on any atom is 0.344 e. The van der Waals surface area contributed by atoms with Crippen LogP contribution in [0.2, 0.25) is 0 Å². The Morgan fingerprint density at radius 2 is 2.00 bits per heavy atom. The van der Waals surface area contributed by atoms with Gasteiger partial charge in [0.25, 0.3) is 17.7 Å². The van der Waals surface area contributed by atoms with Gasteiger partial charge in [0.05, 0.1) is 0 Å². The van der Waals surface area contributed by atoms with Gasteiger partial charge in [-0.2, -0.15) is 0 Å². The first-order valence-corrected chi connectivity index (χ1v) is 7.87. The summed E-state index contributed by atoms with van der Waals surface area (Å²) in [5, 5.41) is 8.77. The minimum Gasteiger partial charge on any atom is -0.463 e. The van der Waals surface area contributed by atoms with Crippen LogP contribution in [0, 0.1) is 6.92 Å². The molecule has 0 radical (unpaired) electrons. The van der Waals surface area contributed by atoms with Crippen molar-refractivity contribution in [2.24, 2.45) is 0 Å². The first-order chi connectivity index (χ1) is 12.5. The first kappa shape index (κ1) is 19.0. The number of carbonyl (C=O) groups is 3. The second-order valence-corrected chi connectivity index (χ2v) is 5.21. The molecule has 138 valence electrons. The van der Waals surface area contributed by atoms with Gasteiger partial charge in [0.15, 0.2) is 13.2 Å². The lowest BCUT2D eigenvalue weighted by molar-refractivity contribution is -0.149. The first-order valence-electron chi connectivity index (χ1n) is 7.87. The number of nitrogens with zero attached hydrogens (tertiary/aromatic N) is 1. The number of ether oxygens (including phenoxy) is 2. The van der Waals surface area contributed by atoms with E-state index in [4.69, 9.17) is 14.0 Å². The van der Waals surface area contributed by atoms with E-state index in [9.17, 15) is 14.4 Å². The van der Waals surface area contributed by atoms with E-state index in [-0.39, 0.29) is 11.8 Å². The van der Waals surface area contributed by atoms with Gasteiger partial charge >= 0.3 is 5.97 Å². The molecule has 0 saturated heterocycles. The van der Waals surface area contributed by atoms with Crippen LogP contribution in [-0.2, 0) is 14.3 Å². The topological polar surface area (TPSA) is 120 Å². The summed E-state index contributed by atoms with van der Waals surface area (Å²) in [5.74, 6) is -0.801. The third-order valence-corrected chi connectivity index (χ3v) is 3.05. The highest BCUT2D eigenvalue weighted by Crippen LogP contribution is 2.11. The Morgan fingerprint density at radius 3 is 2.69 bits per heavy atom. The second-order valence-electron chi connectivity index (χ2n) is 5.21. The smallest absolute Gasteiger partial charge is 0.344 e. The highest BCUT2D eigenvalue weighted by molar-refractivity contribution is 5.97. The summed E-state index contributed by atoms with van der Waals surface area (Å²) in [6.07, 6.45) is 0. The van der Waals surface area contributed by atoms with E-state index >= 15 is 0 Å². The Balaban J connectivity index is 1.76.